The highest BCUT2D eigenvalue weighted by Gasteiger charge is 1.99. The molecule has 28 heavy (non-hydrogen) atoms. The lowest BCUT2D eigenvalue weighted by Crippen LogP contribution is -2.05. The molecule has 0 amide bonds. The van der Waals surface area contributed by atoms with Crippen LogP contribution in [0.2, 0.25) is 0 Å². The van der Waals surface area contributed by atoms with E-state index in [4.69, 9.17) is 4.74 Å². The van der Waals surface area contributed by atoms with E-state index in [0.29, 0.717) is 6.61 Å². The first-order valence-corrected chi connectivity index (χ1v) is 12.5. The fourth-order valence-electron chi connectivity index (χ4n) is 3.75. The molecule has 0 aliphatic carbocycles. The molecule has 0 N–H and O–H groups in total. The molecule has 0 rings (SSSR count). The van der Waals surface area contributed by atoms with Crippen molar-refractivity contribution in [2.24, 2.45) is 0 Å². The molecule has 0 bridgehead atoms. The molecule has 0 unspecified atom stereocenters. The van der Waals surface area contributed by atoms with Crippen LogP contribution >= 0.6 is 0 Å². The number of unbranched alkanes of at least 4 members (excludes halogenated alkanes) is 20. The van der Waals surface area contributed by atoms with Gasteiger partial charge < -0.3 is 9.47 Å². The van der Waals surface area contributed by atoms with Crippen LogP contribution in [0.4, 0.5) is 4.79 Å². The molecule has 0 aliphatic heterocycles. The maximum absolute atomic E-state index is 10.8. The number of carbonyl (C=O) groups excluding carboxylic acids is 1. The average molecular weight is 399 g/mol. The Morgan fingerprint density at radius 3 is 1.07 bits per heavy atom. The Morgan fingerprint density at radius 2 is 0.786 bits per heavy atom. The zero-order valence-corrected chi connectivity index (χ0v) is 19.3. The Kier molecular flexibility index (Phi) is 23.7. The molecule has 3 nitrogen and oxygen atoms in total. The molecule has 0 atom stereocenters. The van der Waals surface area contributed by atoms with E-state index in [1.54, 1.807) is 0 Å². The van der Waals surface area contributed by atoms with Crippen LogP contribution in [0.25, 0.3) is 0 Å². The maximum atomic E-state index is 10.8. The van der Waals surface area contributed by atoms with Crippen LogP contribution in [0.3, 0.4) is 0 Å². The second-order valence-corrected chi connectivity index (χ2v) is 8.37. The number of ether oxygens (including phenoxy) is 2. The van der Waals surface area contributed by atoms with E-state index in [1.807, 2.05) is 0 Å². The normalized spacial score (nSPS) is 10.9. The van der Waals surface area contributed by atoms with Crippen molar-refractivity contribution in [3.05, 3.63) is 0 Å². The summed E-state index contributed by atoms with van der Waals surface area (Å²) in [4.78, 5) is 10.8. The van der Waals surface area contributed by atoms with Gasteiger partial charge in [-0.3, -0.25) is 0 Å². The van der Waals surface area contributed by atoms with Gasteiger partial charge in [-0.15, -0.1) is 0 Å². The number of methoxy groups -OCH3 is 1. The van der Waals surface area contributed by atoms with Gasteiger partial charge >= 0.3 is 6.16 Å². The van der Waals surface area contributed by atoms with Crippen LogP contribution in [0.1, 0.15) is 142 Å². The van der Waals surface area contributed by atoms with E-state index < -0.39 is 6.16 Å². The molecule has 168 valence electrons. The Hall–Kier alpha value is -0.730. The summed E-state index contributed by atoms with van der Waals surface area (Å²) >= 11 is 0. The van der Waals surface area contributed by atoms with Gasteiger partial charge in [0.25, 0.3) is 0 Å². The van der Waals surface area contributed by atoms with Crippen LogP contribution in [0, 0.1) is 0 Å². The summed E-state index contributed by atoms with van der Waals surface area (Å²) in [5, 5.41) is 0. The highest BCUT2D eigenvalue weighted by molar-refractivity contribution is 5.59. The predicted molar refractivity (Wildman–Crippen MR) is 121 cm³/mol. The van der Waals surface area contributed by atoms with Crippen molar-refractivity contribution < 1.29 is 14.3 Å². The lowest BCUT2D eigenvalue weighted by Gasteiger charge is -2.04. The molecule has 0 saturated heterocycles. The van der Waals surface area contributed by atoms with E-state index >= 15 is 0 Å². The molecule has 0 spiro atoms. The van der Waals surface area contributed by atoms with Crippen molar-refractivity contribution in [1.82, 2.24) is 0 Å². The molecular formula is C25H50O3. The summed E-state index contributed by atoms with van der Waals surface area (Å²) in [5.74, 6) is 0. The highest BCUT2D eigenvalue weighted by Crippen LogP contribution is 2.15. The third-order valence-corrected chi connectivity index (χ3v) is 5.63. The molecule has 0 radical (unpaired) electrons. The summed E-state index contributed by atoms with van der Waals surface area (Å²) in [6, 6.07) is 0. The van der Waals surface area contributed by atoms with Gasteiger partial charge in [0.15, 0.2) is 0 Å². The lowest BCUT2D eigenvalue weighted by atomic mass is 10.0. The van der Waals surface area contributed by atoms with E-state index in [2.05, 4.69) is 11.7 Å². The Bertz CT molecular complexity index is 304. The number of rotatable bonds is 22. The van der Waals surface area contributed by atoms with Crippen molar-refractivity contribution in [2.45, 2.75) is 142 Å². The van der Waals surface area contributed by atoms with E-state index in [9.17, 15) is 4.79 Å². The van der Waals surface area contributed by atoms with Crippen molar-refractivity contribution in [3.63, 3.8) is 0 Å². The van der Waals surface area contributed by atoms with Gasteiger partial charge in [-0.1, -0.05) is 135 Å². The maximum Gasteiger partial charge on any atom is 0.507 e. The number of carbonyl (C=O) groups is 1. The van der Waals surface area contributed by atoms with Crippen LogP contribution < -0.4 is 0 Å². The van der Waals surface area contributed by atoms with Gasteiger partial charge in [-0.25, -0.2) is 4.79 Å². The average Bonchev–Trinajstić information content (AvgIpc) is 2.71. The summed E-state index contributed by atoms with van der Waals surface area (Å²) in [7, 11) is 1.35. The third kappa shape index (κ3) is 23.3. The topological polar surface area (TPSA) is 35.5 Å². The summed E-state index contributed by atoms with van der Waals surface area (Å²) < 4.78 is 9.31. The van der Waals surface area contributed by atoms with Crippen molar-refractivity contribution >= 4 is 6.16 Å². The predicted octanol–water partition coefficient (Wildman–Crippen LogP) is 8.98. The summed E-state index contributed by atoms with van der Waals surface area (Å²) in [5.41, 5.74) is 0. The van der Waals surface area contributed by atoms with Crippen molar-refractivity contribution in [1.29, 1.82) is 0 Å². The minimum absolute atomic E-state index is 0.492. The second-order valence-electron chi connectivity index (χ2n) is 8.37. The smallest absolute Gasteiger partial charge is 0.438 e. The van der Waals surface area contributed by atoms with Gasteiger partial charge in [-0.2, -0.15) is 0 Å². The van der Waals surface area contributed by atoms with Gasteiger partial charge in [0.05, 0.1) is 13.7 Å². The molecule has 0 aliphatic rings. The fourth-order valence-corrected chi connectivity index (χ4v) is 3.75. The minimum Gasteiger partial charge on any atom is -0.438 e. The first-order valence-electron chi connectivity index (χ1n) is 12.5. The zero-order valence-electron chi connectivity index (χ0n) is 19.3. The zero-order chi connectivity index (χ0) is 20.5. The van der Waals surface area contributed by atoms with Gasteiger partial charge in [-0.05, 0) is 6.42 Å². The van der Waals surface area contributed by atoms with Gasteiger partial charge in [0, 0.05) is 0 Å². The second kappa shape index (κ2) is 24.3. The van der Waals surface area contributed by atoms with Crippen LogP contribution in [0.5, 0.6) is 0 Å². The quantitative estimate of drug-likeness (QED) is 0.135. The standard InChI is InChI=1S/C25H50O3/c1-3-4-5-6-7-8-9-10-11-12-13-14-15-16-17-18-19-20-21-22-23-24-28-25(26)27-2/h3-24H2,1-2H3. The molecular weight excluding hydrogens is 348 g/mol. The Balaban J connectivity index is 3.00. The van der Waals surface area contributed by atoms with Crippen LogP contribution in [-0.2, 0) is 9.47 Å². The van der Waals surface area contributed by atoms with Gasteiger partial charge in [0.1, 0.15) is 0 Å². The molecule has 0 aromatic rings. The number of hydrogen-bond donors (Lipinski definition) is 0. The molecule has 0 aromatic carbocycles. The highest BCUT2D eigenvalue weighted by atomic mass is 16.7. The summed E-state index contributed by atoms with van der Waals surface area (Å²) in [6.07, 6.45) is 28.5. The molecule has 3 heteroatoms. The fraction of sp³-hybridized carbons (Fsp3) is 0.960. The van der Waals surface area contributed by atoms with E-state index in [-0.39, 0.29) is 0 Å². The lowest BCUT2D eigenvalue weighted by molar-refractivity contribution is 0.0713. The molecule has 0 aromatic heterocycles. The van der Waals surface area contributed by atoms with Gasteiger partial charge in [0.2, 0.25) is 0 Å². The van der Waals surface area contributed by atoms with E-state index in [1.165, 1.54) is 129 Å². The molecule has 0 saturated carbocycles. The molecule has 0 fully saturated rings. The van der Waals surface area contributed by atoms with Crippen LogP contribution in [-0.4, -0.2) is 19.9 Å². The SMILES string of the molecule is CCCCCCCCCCCCCCCCCCCCCCCOC(=O)OC. The largest absolute Gasteiger partial charge is 0.507 e. The minimum atomic E-state index is -0.562. The first-order chi connectivity index (χ1) is 13.8. The Labute approximate surface area is 176 Å². The first kappa shape index (κ1) is 27.3. The number of hydrogen-bond acceptors (Lipinski definition) is 3. The van der Waals surface area contributed by atoms with Crippen molar-refractivity contribution in [2.75, 3.05) is 13.7 Å². The Morgan fingerprint density at radius 1 is 0.500 bits per heavy atom. The monoisotopic (exact) mass is 398 g/mol. The summed E-state index contributed by atoms with van der Waals surface area (Å²) in [6.45, 7) is 2.78. The van der Waals surface area contributed by atoms with Crippen molar-refractivity contribution in [3.8, 4) is 0 Å². The van der Waals surface area contributed by atoms with Crippen LogP contribution in [0.15, 0.2) is 0 Å². The molecule has 0 heterocycles. The third-order valence-electron chi connectivity index (χ3n) is 5.63. The van der Waals surface area contributed by atoms with E-state index in [0.717, 1.165) is 12.8 Å².